The zero-order chi connectivity index (χ0) is 23.5. The highest BCUT2D eigenvalue weighted by Gasteiger charge is 2.34. The molecule has 0 aliphatic carbocycles. The number of nitrogens with zero attached hydrogens (tertiary/aromatic N) is 2. The van der Waals surface area contributed by atoms with Crippen LogP contribution in [0.5, 0.6) is 5.75 Å². The van der Waals surface area contributed by atoms with Crippen LogP contribution >= 0.6 is 0 Å². The van der Waals surface area contributed by atoms with Gasteiger partial charge in [-0.25, -0.2) is 8.42 Å². The number of piperidine rings is 2. The molecule has 3 unspecified atom stereocenters. The number of benzene rings is 1. The van der Waals surface area contributed by atoms with Gasteiger partial charge in [0.05, 0.1) is 7.11 Å². The van der Waals surface area contributed by atoms with Crippen LogP contribution in [-0.2, 0) is 10.0 Å². The lowest BCUT2D eigenvalue weighted by Crippen LogP contribution is -2.43. The van der Waals surface area contributed by atoms with Gasteiger partial charge in [0.2, 0.25) is 10.0 Å². The average molecular weight is 466 g/mol. The Morgan fingerprint density at radius 2 is 1.88 bits per heavy atom. The van der Waals surface area contributed by atoms with Crippen LogP contribution in [0.25, 0.3) is 0 Å². The van der Waals surface area contributed by atoms with Gasteiger partial charge >= 0.3 is 0 Å². The molecule has 2 saturated heterocycles. The van der Waals surface area contributed by atoms with Crippen LogP contribution in [-0.4, -0.2) is 69.4 Å². The number of methoxy groups -OCH3 is 1. The van der Waals surface area contributed by atoms with Crippen LogP contribution in [0.2, 0.25) is 0 Å². The summed E-state index contributed by atoms with van der Waals surface area (Å²) < 4.78 is 33.8. The molecule has 8 heteroatoms. The number of carbonyl (C=O) groups excluding carboxylic acids is 1. The Morgan fingerprint density at radius 3 is 2.50 bits per heavy atom. The number of sulfonamides is 1. The van der Waals surface area contributed by atoms with Crippen LogP contribution in [0.1, 0.15) is 57.3 Å². The third kappa shape index (κ3) is 5.83. The van der Waals surface area contributed by atoms with Gasteiger partial charge in [0.15, 0.2) is 0 Å². The van der Waals surface area contributed by atoms with Crippen molar-refractivity contribution in [2.45, 2.75) is 57.9 Å². The van der Waals surface area contributed by atoms with E-state index in [0.717, 1.165) is 32.4 Å². The summed E-state index contributed by atoms with van der Waals surface area (Å²) >= 11 is 0. The fraction of sp³-hybridized carbons (Fsp3) is 0.708. The molecular formula is C24H39N3O4S. The smallest absolute Gasteiger partial charge is 0.251 e. The third-order valence-corrected chi connectivity index (χ3v) is 8.56. The van der Waals surface area contributed by atoms with Gasteiger partial charge < -0.3 is 15.0 Å². The molecule has 2 heterocycles. The minimum absolute atomic E-state index is 0.0672. The summed E-state index contributed by atoms with van der Waals surface area (Å²) in [6.45, 7) is 12.2. The van der Waals surface area contributed by atoms with Gasteiger partial charge in [-0.2, -0.15) is 4.31 Å². The summed E-state index contributed by atoms with van der Waals surface area (Å²) in [5.74, 6) is 1.03. The van der Waals surface area contributed by atoms with Gasteiger partial charge in [0.25, 0.3) is 5.91 Å². The second-order valence-electron chi connectivity index (χ2n) is 9.94. The summed E-state index contributed by atoms with van der Waals surface area (Å²) in [5, 5.41) is 3.02. The number of rotatable bonds is 7. The first-order chi connectivity index (χ1) is 15.1. The molecule has 0 bridgehead atoms. The number of hydrogen-bond acceptors (Lipinski definition) is 5. The predicted octanol–water partition coefficient (Wildman–Crippen LogP) is 3.21. The van der Waals surface area contributed by atoms with E-state index in [0.29, 0.717) is 49.0 Å². The van der Waals surface area contributed by atoms with E-state index in [1.54, 1.807) is 12.1 Å². The third-order valence-electron chi connectivity index (χ3n) is 6.71. The molecule has 2 aliphatic rings. The number of likely N-dealkylation sites (tertiary alicyclic amines) is 1. The molecule has 0 radical (unpaired) electrons. The van der Waals surface area contributed by atoms with Gasteiger partial charge in [0, 0.05) is 37.8 Å². The lowest BCUT2D eigenvalue weighted by molar-refractivity contribution is 0.0922. The van der Waals surface area contributed by atoms with Gasteiger partial charge in [-0.15, -0.1) is 0 Å². The minimum atomic E-state index is -3.76. The zero-order valence-corrected chi connectivity index (χ0v) is 21.0. The molecule has 0 aromatic heterocycles. The highest BCUT2D eigenvalue weighted by Crippen LogP contribution is 2.32. The maximum atomic E-state index is 13.4. The van der Waals surface area contributed by atoms with Crippen molar-refractivity contribution in [2.75, 3.05) is 39.8 Å². The summed E-state index contributed by atoms with van der Waals surface area (Å²) in [6.07, 6.45) is 3.24. The van der Waals surface area contributed by atoms with E-state index >= 15 is 0 Å². The Kier molecular flexibility index (Phi) is 8.22. The average Bonchev–Trinajstić information content (AvgIpc) is 2.76. The first-order valence-corrected chi connectivity index (χ1v) is 13.3. The van der Waals surface area contributed by atoms with E-state index in [1.807, 2.05) is 0 Å². The topological polar surface area (TPSA) is 79.0 Å². The summed E-state index contributed by atoms with van der Waals surface area (Å²) in [5.41, 5.74) is 0.346. The number of ether oxygens (including phenoxy) is 1. The largest absolute Gasteiger partial charge is 0.495 e. The molecule has 1 aromatic carbocycles. The molecule has 0 saturated carbocycles. The van der Waals surface area contributed by atoms with Gasteiger partial charge in [-0.05, 0) is 75.6 Å². The van der Waals surface area contributed by atoms with Crippen molar-refractivity contribution in [2.24, 2.45) is 17.8 Å². The second-order valence-corrected chi connectivity index (χ2v) is 11.8. The Morgan fingerprint density at radius 1 is 1.19 bits per heavy atom. The molecule has 180 valence electrons. The molecule has 1 aromatic rings. The first-order valence-electron chi connectivity index (χ1n) is 11.8. The molecule has 32 heavy (non-hydrogen) atoms. The second kappa shape index (κ2) is 10.5. The normalized spacial score (nSPS) is 25.6. The van der Waals surface area contributed by atoms with Crippen molar-refractivity contribution in [1.82, 2.24) is 14.5 Å². The summed E-state index contributed by atoms with van der Waals surface area (Å²) in [6, 6.07) is 5.19. The highest BCUT2D eigenvalue weighted by atomic mass is 32.2. The lowest BCUT2D eigenvalue weighted by atomic mass is 9.94. The minimum Gasteiger partial charge on any atom is -0.495 e. The van der Waals surface area contributed by atoms with Crippen molar-refractivity contribution < 1.29 is 17.9 Å². The Balaban J connectivity index is 1.74. The van der Waals surface area contributed by atoms with E-state index < -0.39 is 10.0 Å². The molecular weight excluding hydrogens is 426 g/mol. The Labute approximate surface area is 193 Å². The fourth-order valence-electron chi connectivity index (χ4n) is 5.03. The fourth-order valence-corrected chi connectivity index (χ4v) is 6.89. The zero-order valence-electron chi connectivity index (χ0n) is 20.1. The highest BCUT2D eigenvalue weighted by molar-refractivity contribution is 7.89. The van der Waals surface area contributed by atoms with E-state index in [9.17, 15) is 13.2 Å². The maximum absolute atomic E-state index is 13.4. The van der Waals surface area contributed by atoms with Crippen LogP contribution in [0.4, 0.5) is 0 Å². The van der Waals surface area contributed by atoms with Crippen molar-refractivity contribution in [3.63, 3.8) is 0 Å². The van der Waals surface area contributed by atoms with Crippen LogP contribution < -0.4 is 10.1 Å². The Bertz CT molecular complexity index is 893. The van der Waals surface area contributed by atoms with E-state index in [1.165, 1.54) is 17.5 Å². The van der Waals surface area contributed by atoms with Crippen molar-refractivity contribution in [3.05, 3.63) is 23.8 Å². The molecule has 3 atom stereocenters. The quantitative estimate of drug-likeness (QED) is 0.669. The van der Waals surface area contributed by atoms with Gasteiger partial charge in [-0.3, -0.25) is 4.79 Å². The number of nitrogens with one attached hydrogen (secondary N) is 1. The van der Waals surface area contributed by atoms with Crippen LogP contribution in [0, 0.1) is 17.8 Å². The first kappa shape index (κ1) is 25.0. The molecule has 0 spiro atoms. The van der Waals surface area contributed by atoms with Gasteiger partial charge in [0.1, 0.15) is 10.6 Å². The molecule has 2 aliphatic heterocycles. The van der Waals surface area contributed by atoms with Gasteiger partial charge in [-0.1, -0.05) is 13.8 Å². The Hall–Kier alpha value is -1.64. The van der Waals surface area contributed by atoms with Crippen LogP contribution in [0.15, 0.2) is 23.1 Å². The summed E-state index contributed by atoms with van der Waals surface area (Å²) in [7, 11) is -2.30. The van der Waals surface area contributed by atoms with E-state index in [4.69, 9.17) is 4.74 Å². The molecule has 7 nitrogen and oxygen atoms in total. The number of amides is 1. The summed E-state index contributed by atoms with van der Waals surface area (Å²) in [4.78, 5) is 15.4. The monoisotopic (exact) mass is 465 g/mol. The molecule has 2 fully saturated rings. The van der Waals surface area contributed by atoms with E-state index in [-0.39, 0.29) is 16.6 Å². The standard InChI is InChI=1S/C24H39N3O4S/c1-17(2)26-10-6-7-20(16-26)13-25-24(28)21-8-9-22(31-5)23(12-21)32(29,30)27-14-18(3)11-19(4)15-27/h8-9,12,17-20H,6-7,10-11,13-16H2,1-5H3,(H,25,28). The molecule has 3 rings (SSSR count). The molecule has 1 N–H and O–H groups in total. The van der Waals surface area contributed by atoms with E-state index in [2.05, 4.69) is 37.9 Å². The molecule has 1 amide bonds. The number of hydrogen-bond donors (Lipinski definition) is 1. The number of carbonyl (C=O) groups is 1. The van der Waals surface area contributed by atoms with Crippen LogP contribution in [0.3, 0.4) is 0 Å². The maximum Gasteiger partial charge on any atom is 0.251 e. The predicted molar refractivity (Wildman–Crippen MR) is 126 cm³/mol. The van der Waals surface area contributed by atoms with Crippen molar-refractivity contribution in [1.29, 1.82) is 0 Å². The lowest BCUT2D eigenvalue weighted by Gasteiger charge is -2.35. The van der Waals surface area contributed by atoms with Crippen molar-refractivity contribution in [3.8, 4) is 5.75 Å². The SMILES string of the molecule is COc1ccc(C(=O)NCC2CCCN(C(C)C)C2)cc1S(=O)(=O)N1CC(C)CC(C)C1. The van der Waals surface area contributed by atoms with Crippen molar-refractivity contribution >= 4 is 15.9 Å².